The Morgan fingerprint density at radius 2 is 1.55 bits per heavy atom. The topological polar surface area (TPSA) is 91.8 Å². The molecule has 4 aromatic carbocycles. The van der Waals surface area contributed by atoms with E-state index in [4.69, 9.17) is 18.9 Å². The standard InChI is InChI=1S/C34H22N4O4/c39-34-28-27(22-15-17-24(18-16-22)40-19-21-9-3-1-4-10-21)29-32-36-31(23-11-5-2-6-12-23)37-38(32)20-35-33(29)42-30(28)25-13-7-8-14-26(25)41-34/h1-18,20,27H,19H2. The van der Waals surface area contributed by atoms with Crippen LogP contribution in [0.15, 0.2) is 125 Å². The fourth-order valence-electron chi connectivity index (χ4n) is 5.47. The molecule has 0 radical (unpaired) electrons. The Morgan fingerprint density at radius 1 is 0.810 bits per heavy atom. The number of rotatable bonds is 5. The van der Waals surface area contributed by atoms with Crippen molar-refractivity contribution < 1.29 is 13.9 Å². The number of para-hydroxylation sites is 1. The summed E-state index contributed by atoms with van der Waals surface area (Å²) in [6.45, 7) is 0.450. The second kappa shape index (κ2) is 9.71. The summed E-state index contributed by atoms with van der Waals surface area (Å²) in [5.74, 6) is 1.49. The summed E-state index contributed by atoms with van der Waals surface area (Å²) in [4.78, 5) is 23.1. The van der Waals surface area contributed by atoms with Gasteiger partial charge in [0, 0.05) is 5.56 Å². The first kappa shape index (κ1) is 24.1. The van der Waals surface area contributed by atoms with Crippen molar-refractivity contribution in [3.63, 3.8) is 0 Å². The molecule has 0 amide bonds. The van der Waals surface area contributed by atoms with Crippen molar-refractivity contribution in [2.24, 2.45) is 0 Å². The average Bonchev–Trinajstić information content (AvgIpc) is 3.49. The van der Waals surface area contributed by atoms with Crippen molar-refractivity contribution >= 4 is 16.6 Å². The lowest BCUT2D eigenvalue weighted by Gasteiger charge is -2.27. The molecule has 0 saturated carbocycles. The summed E-state index contributed by atoms with van der Waals surface area (Å²) in [6, 6.07) is 34.8. The van der Waals surface area contributed by atoms with Crippen LogP contribution in [0.1, 0.15) is 28.2 Å². The van der Waals surface area contributed by atoms with Gasteiger partial charge in [-0.15, -0.1) is 5.10 Å². The molecular weight excluding hydrogens is 528 g/mol. The second-order valence-electron chi connectivity index (χ2n) is 10.0. The molecule has 0 saturated heterocycles. The van der Waals surface area contributed by atoms with Gasteiger partial charge in [0.2, 0.25) is 5.88 Å². The second-order valence-corrected chi connectivity index (χ2v) is 10.0. The zero-order valence-corrected chi connectivity index (χ0v) is 22.2. The number of ether oxygens (including phenoxy) is 2. The minimum atomic E-state index is -0.572. The number of aromatic nitrogens is 4. The van der Waals surface area contributed by atoms with Gasteiger partial charge in [-0.3, -0.25) is 0 Å². The Morgan fingerprint density at radius 3 is 2.36 bits per heavy atom. The van der Waals surface area contributed by atoms with Gasteiger partial charge in [0.15, 0.2) is 17.2 Å². The number of hydrogen-bond donors (Lipinski definition) is 0. The smallest absolute Gasteiger partial charge is 0.344 e. The largest absolute Gasteiger partial charge is 0.489 e. The first-order chi connectivity index (χ1) is 20.7. The van der Waals surface area contributed by atoms with Crippen molar-refractivity contribution in [1.82, 2.24) is 19.6 Å². The Balaban J connectivity index is 1.29. The highest BCUT2D eigenvalue weighted by Gasteiger charge is 2.37. The highest BCUT2D eigenvalue weighted by molar-refractivity contribution is 5.87. The third-order valence-electron chi connectivity index (χ3n) is 7.46. The lowest BCUT2D eigenvalue weighted by atomic mass is 9.84. The van der Waals surface area contributed by atoms with E-state index in [1.165, 1.54) is 0 Å². The Bertz CT molecular complexity index is 2140. The molecule has 4 heterocycles. The van der Waals surface area contributed by atoms with Crippen molar-refractivity contribution in [2.45, 2.75) is 12.5 Å². The van der Waals surface area contributed by atoms with E-state index in [1.54, 1.807) is 16.9 Å². The summed E-state index contributed by atoms with van der Waals surface area (Å²) in [7, 11) is 0. The van der Waals surface area contributed by atoms with Gasteiger partial charge in [0.1, 0.15) is 24.3 Å². The number of fused-ring (bicyclic) bond motifs is 6. The van der Waals surface area contributed by atoms with Crippen LogP contribution in [0.25, 0.3) is 28.0 Å². The Hall–Kier alpha value is -5.76. The molecule has 8 rings (SSSR count). The monoisotopic (exact) mass is 550 g/mol. The predicted molar refractivity (Wildman–Crippen MR) is 157 cm³/mol. The Labute approximate surface area is 239 Å². The molecule has 1 aliphatic rings. The van der Waals surface area contributed by atoms with Crippen molar-refractivity contribution in [3.05, 3.63) is 148 Å². The molecule has 8 heteroatoms. The fourth-order valence-corrected chi connectivity index (χ4v) is 5.47. The SMILES string of the molecule is O=c1oc2ccccc2c2c1C(c1ccc(OCc3ccccc3)cc1)c1c(ncn3nc(-c4ccccc4)nc13)O2. The van der Waals surface area contributed by atoms with Crippen LogP contribution in [0.3, 0.4) is 0 Å². The number of hydrogen-bond acceptors (Lipinski definition) is 7. The maximum Gasteiger partial charge on any atom is 0.344 e. The van der Waals surface area contributed by atoms with Crippen LogP contribution in [0, 0.1) is 0 Å². The molecular formula is C34H22N4O4. The molecule has 3 aromatic heterocycles. The summed E-state index contributed by atoms with van der Waals surface area (Å²) in [5.41, 5.74) is 4.33. The summed E-state index contributed by atoms with van der Waals surface area (Å²) in [5, 5.41) is 5.37. The minimum absolute atomic E-state index is 0.368. The van der Waals surface area contributed by atoms with Crippen LogP contribution >= 0.6 is 0 Å². The van der Waals surface area contributed by atoms with Gasteiger partial charge in [-0.2, -0.15) is 0 Å². The molecule has 0 spiro atoms. The molecule has 7 aromatic rings. The van der Waals surface area contributed by atoms with E-state index in [1.807, 2.05) is 103 Å². The van der Waals surface area contributed by atoms with E-state index in [-0.39, 0.29) is 0 Å². The first-order valence-corrected chi connectivity index (χ1v) is 13.5. The summed E-state index contributed by atoms with van der Waals surface area (Å²) in [6.07, 6.45) is 1.59. The third kappa shape index (κ3) is 4.00. The minimum Gasteiger partial charge on any atom is -0.489 e. The predicted octanol–water partition coefficient (Wildman–Crippen LogP) is 6.76. The van der Waals surface area contributed by atoms with E-state index >= 15 is 0 Å². The third-order valence-corrected chi connectivity index (χ3v) is 7.46. The van der Waals surface area contributed by atoms with Gasteiger partial charge >= 0.3 is 5.63 Å². The maximum absolute atomic E-state index is 13.6. The lowest BCUT2D eigenvalue weighted by Crippen LogP contribution is -2.22. The fraction of sp³-hybridized carbons (Fsp3) is 0.0588. The van der Waals surface area contributed by atoms with Crippen LogP contribution < -0.4 is 15.1 Å². The van der Waals surface area contributed by atoms with Crippen molar-refractivity contribution in [3.8, 4) is 28.8 Å². The molecule has 202 valence electrons. The lowest BCUT2D eigenvalue weighted by molar-refractivity contribution is 0.306. The molecule has 42 heavy (non-hydrogen) atoms. The van der Waals surface area contributed by atoms with Gasteiger partial charge < -0.3 is 13.9 Å². The van der Waals surface area contributed by atoms with E-state index in [0.29, 0.717) is 57.6 Å². The van der Waals surface area contributed by atoms with Gasteiger partial charge in [0.25, 0.3) is 0 Å². The number of benzene rings is 4. The highest BCUT2D eigenvalue weighted by Crippen LogP contribution is 2.49. The van der Waals surface area contributed by atoms with Gasteiger partial charge in [-0.1, -0.05) is 84.9 Å². The van der Waals surface area contributed by atoms with E-state index < -0.39 is 11.5 Å². The highest BCUT2D eigenvalue weighted by atomic mass is 16.5. The molecule has 1 atom stereocenters. The van der Waals surface area contributed by atoms with Crippen molar-refractivity contribution in [1.29, 1.82) is 0 Å². The quantitative estimate of drug-likeness (QED) is 0.219. The van der Waals surface area contributed by atoms with Crippen LogP contribution in [0.4, 0.5) is 0 Å². The number of nitrogens with zero attached hydrogens (tertiary/aromatic N) is 4. The summed E-state index contributed by atoms with van der Waals surface area (Å²) >= 11 is 0. The Kier molecular flexibility index (Phi) is 5.56. The molecule has 1 unspecified atom stereocenters. The molecule has 0 N–H and O–H groups in total. The van der Waals surface area contributed by atoms with Crippen LogP contribution in [0.5, 0.6) is 17.4 Å². The van der Waals surface area contributed by atoms with Gasteiger partial charge in [-0.25, -0.2) is 19.3 Å². The molecule has 0 fully saturated rings. The van der Waals surface area contributed by atoms with Gasteiger partial charge in [0.05, 0.1) is 22.4 Å². The van der Waals surface area contributed by atoms with Crippen molar-refractivity contribution in [2.75, 3.05) is 0 Å². The van der Waals surface area contributed by atoms with E-state index in [9.17, 15) is 4.79 Å². The zero-order valence-electron chi connectivity index (χ0n) is 22.2. The van der Waals surface area contributed by atoms with E-state index in [0.717, 1.165) is 16.7 Å². The van der Waals surface area contributed by atoms with Gasteiger partial charge in [-0.05, 0) is 35.4 Å². The molecule has 1 aliphatic heterocycles. The first-order valence-electron chi connectivity index (χ1n) is 13.5. The van der Waals surface area contributed by atoms with Crippen LogP contribution in [-0.4, -0.2) is 19.6 Å². The molecule has 0 aliphatic carbocycles. The van der Waals surface area contributed by atoms with E-state index in [2.05, 4.69) is 10.1 Å². The molecule has 8 nitrogen and oxygen atoms in total. The van der Waals surface area contributed by atoms with Crippen LogP contribution in [0.2, 0.25) is 0 Å². The average molecular weight is 551 g/mol. The maximum atomic E-state index is 13.6. The zero-order chi connectivity index (χ0) is 28.0. The summed E-state index contributed by atoms with van der Waals surface area (Å²) < 4.78 is 19.8. The molecule has 0 bridgehead atoms. The normalized spacial score (nSPS) is 13.9. The van der Waals surface area contributed by atoms with Crippen LogP contribution in [-0.2, 0) is 6.61 Å².